The van der Waals surface area contributed by atoms with Crippen LogP contribution >= 0.6 is 0 Å². The third-order valence-electron chi connectivity index (χ3n) is 2.81. The second kappa shape index (κ2) is 4.83. The number of hydrogen-bond acceptors (Lipinski definition) is 6. The van der Waals surface area contributed by atoms with Gasteiger partial charge >= 0.3 is 0 Å². The van der Waals surface area contributed by atoms with E-state index in [1.54, 1.807) is 0 Å². The Kier molecular flexibility index (Phi) is 3.02. The van der Waals surface area contributed by atoms with Gasteiger partial charge in [-0.2, -0.15) is 4.98 Å². The highest BCUT2D eigenvalue weighted by atomic mass is 16.5. The van der Waals surface area contributed by atoms with Crippen molar-refractivity contribution in [3.63, 3.8) is 0 Å². The minimum atomic E-state index is -0.837. The molecule has 2 aromatic heterocycles. The van der Waals surface area contributed by atoms with Gasteiger partial charge in [0.25, 0.3) is 5.89 Å². The first-order valence-corrected chi connectivity index (χ1v) is 5.98. The van der Waals surface area contributed by atoms with E-state index in [0.29, 0.717) is 24.6 Å². The molecular formula is C13H13N3O3. The monoisotopic (exact) mass is 259 g/mol. The van der Waals surface area contributed by atoms with Crippen LogP contribution in [0.4, 0.5) is 0 Å². The van der Waals surface area contributed by atoms with Crippen molar-refractivity contribution in [1.82, 2.24) is 10.1 Å². The van der Waals surface area contributed by atoms with Crippen molar-refractivity contribution in [2.24, 2.45) is 5.73 Å². The summed E-state index contributed by atoms with van der Waals surface area (Å²) in [5.74, 6) is 0.985. The fraction of sp³-hybridized carbons (Fsp3) is 0.231. The third-order valence-corrected chi connectivity index (χ3v) is 2.81. The Hall–Kier alpha value is -2.18. The van der Waals surface area contributed by atoms with Gasteiger partial charge in [-0.1, -0.05) is 23.4 Å². The van der Waals surface area contributed by atoms with Crippen molar-refractivity contribution in [1.29, 1.82) is 0 Å². The molecule has 1 atom stereocenters. The third kappa shape index (κ3) is 2.23. The topological polar surface area (TPSA) is 98.3 Å². The molecule has 0 saturated heterocycles. The molecule has 19 heavy (non-hydrogen) atoms. The van der Waals surface area contributed by atoms with Crippen molar-refractivity contribution in [3.8, 4) is 11.6 Å². The smallest absolute Gasteiger partial charge is 0.255 e. The Morgan fingerprint density at radius 1 is 1.32 bits per heavy atom. The fourth-order valence-electron chi connectivity index (χ4n) is 1.84. The maximum Gasteiger partial charge on any atom is 0.255 e. The summed E-state index contributed by atoms with van der Waals surface area (Å²) in [6.45, 7) is 0.351. The first-order chi connectivity index (χ1) is 9.28. The zero-order valence-corrected chi connectivity index (χ0v) is 10.1. The van der Waals surface area contributed by atoms with Gasteiger partial charge in [0, 0.05) is 5.39 Å². The summed E-state index contributed by atoms with van der Waals surface area (Å²) in [6.07, 6.45) is -0.461. The average molecular weight is 259 g/mol. The lowest BCUT2D eigenvalue weighted by Crippen LogP contribution is -2.06. The Morgan fingerprint density at radius 2 is 2.16 bits per heavy atom. The zero-order chi connectivity index (χ0) is 13.2. The van der Waals surface area contributed by atoms with E-state index in [1.807, 2.05) is 30.3 Å². The Bertz CT molecular complexity index is 656. The van der Waals surface area contributed by atoms with Crippen molar-refractivity contribution < 1.29 is 14.0 Å². The summed E-state index contributed by atoms with van der Waals surface area (Å²) in [5, 5.41) is 14.5. The Balaban J connectivity index is 1.93. The first-order valence-electron chi connectivity index (χ1n) is 5.98. The van der Waals surface area contributed by atoms with Crippen molar-refractivity contribution in [3.05, 3.63) is 36.2 Å². The van der Waals surface area contributed by atoms with Crippen LogP contribution in [0.1, 0.15) is 18.4 Å². The highest BCUT2D eigenvalue weighted by molar-refractivity contribution is 5.81. The molecule has 3 aromatic rings. The van der Waals surface area contributed by atoms with Crippen LogP contribution < -0.4 is 5.73 Å². The highest BCUT2D eigenvalue weighted by Crippen LogP contribution is 2.26. The minimum Gasteiger partial charge on any atom is -0.453 e. The predicted octanol–water partition coefficient (Wildman–Crippen LogP) is 1.87. The van der Waals surface area contributed by atoms with Crippen LogP contribution in [0, 0.1) is 0 Å². The van der Waals surface area contributed by atoms with Crippen molar-refractivity contribution >= 4 is 11.0 Å². The lowest BCUT2D eigenvalue weighted by molar-refractivity contribution is 0.127. The molecule has 0 aliphatic carbocycles. The molecule has 6 heteroatoms. The molecule has 0 radical (unpaired) electrons. The van der Waals surface area contributed by atoms with Gasteiger partial charge in [-0.3, -0.25) is 0 Å². The van der Waals surface area contributed by atoms with Gasteiger partial charge in [0.2, 0.25) is 5.82 Å². The summed E-state index contributed by atoms with van der Waals surface area (Å²) in [5.41, 5.74) is 6.12. The first kappa shape index (κ1) is 11.9. The molecule has 0 aliphatic rings. The number of benzene rings is 1. The molecule has 2 heterocycles. The van der Waals surface area contributed by atoms with Crippen LogP contribution in [0.5, 0.6) is 0 Å². The maximum absolute atomic E-state index is 9.71. The number of fused-ring (bicyclic) bond motifs is 1. The van der Waals surface area contributed by atoms with Crippen LogP contribution in [0.25, 0.3) is 22.6 Å². The summed E-state index contributed by atoms with van der Waals surface area (Å²) in [6, 6.07) is 9.45. The molecule has 0 amide bonds. The van der Waals surface area contributed by atoms with Crippen LogP contribution in [0.2, 0.25) is 0 Å². The SMILES string of the molecule is NCC[C@H](O)c1nc(-c2cc3ccccc3o2)no1. The van der Waals surface area contributed by atoms with E-state index in [4.69, 9.17) is 14.7 Å². The quantitative estimate of drug-likeness (QED) is 0.742. The van der Waals surface area contributed by atoms with Crippen LogP contribution in [0.15, 0.2) is 39.3 Å². The number of rotatable bonds is 4. The second-order valence-electron chi connectivity index (χ2n) is 4.20. The number of hydrogen-bond donors (Lipinski definition) is 2. The largest absolute Gasteiger partial charge is 0.453 e. The summed E-state index contributed by atoms with van der Waals surface area (Å²) < 4.78 is 10.6. The molecule has 98 valence electrons. The number of para-hydroxylation sites is 1. The van der Waals surface area contributed by atoms with E-state index in [-0.39, 0.29) is 5.89 Å². The predicted molar refractivity (Wildman–Crippen MR) is 68.1 cm³/mol. The van der Waals surface area contributed by atoms with E-state index in [2.05, 4.69) is 10.1 Å². The van der Waals surface area contributed by atoms with Crippen molar-refractivity contribution in [2.45, 2.75) is 12.5 Å². The molecule has 0 fully saturated rings. The normalized spacial score (nSPS) is 12.9. The summed E-state index contributed by atoms with van der Waals surface area (Å²) >= 11 is 0. The van der Waals surface area contributed by atoms with Gasteiger partial charge in [-0.05, 0) is 25.1 Å². The van der Waals surface area contributed by atoms with Crippen LogP contribution in [0.3, 0.4) is 0 Å². The number of aliphatic hydroxyl groups excluding tert-OH is 1. The van der Waals surface area contributed by atoms with Crippen molar-refractivity contribution in [2.75, 3.05) is 6.54 Å². The molecule has 6 nitrogen and oxygen atoms in total. The van der Waals surface area contributed by atoms with Gasteiger partial charge in [0.1, 0.15) is 11.7 Å². The standard InChI is InChI=1S/C13H13N3O3/c14-6-5-9(17)13-15-12(16-19-13)11-7-8-3-1-2-4-10(8)18-11/h1-4,7,9,17H,5-6,14H2/t9-/m0/s1. The minimum absolute atomic E-state index is 0.154. The van der Waals surface area contributed by atoms with Crippen LogP contribution in [-0.2, 0) is 0 Å². The lowest BCUT2D eigenvalue weighted by Gasteiger charge is -2.00. The number of aliphatic hydroxyl groups is 1. The Morgan fingerprint density at radius 3 is 2.95 bits per heavy atom. The van der Waals surface area contributed by atoms with Gasteiger partial charge in [0.05, 0.1) is 0 Å². The number of nitrogens with zero attached hydrogens (tertiary/aromatic N) is 2. The molecule has 0 saturated carbocycles. The fourth-order valence-corrected chi connectivity index (χ4v) is 1.84. The second-order valence-corrected chi connectivity index (χ2v) is 4.20. The molecule has 0 aliphatic heterocycles. The maximum atomic E-state index is 9.71. The average Bonchev–Trinajstić information content (AvgIpc) is 3.05. The summed E-state index contributed by atoms with van der Waals surface area (Å²) in [7, 11) is 0. The van der Waals surface area contributed by atoms with Gasteiger partial charge in [0.15, 0.2) is 5.76 Å². The van der Waals surface area contributed by atoms with Gasteiger partial charge < -0.3 is 19.8 Å². The zero-order valence-electron chi connectivity index (χ0n) is 10.1. The highest BCUT2D eigenvalue weighted by Gasteiger charge is 2.18. The van der Waals surface area contributed by atoms with E-state index >= 15 is 0 Å². The Labute approximate surface area is 108 Å². The molecule has 0 unspecified atom stereocenters. The van der Waals surface area contributed by atoms with E-state index < -0.39 is 6.10 Å². The molecule has 0 spiro atoms. The van der Waals surface area contributed by atoms with Crippen LogP contribution in [-0.4, -0.2) is 21.8 Å². The number of furan rings is 1. The lowest BCUT2D eigenvalue weighted by atomic mass is 10.2. The molecular weight excluding hydrogens is 246 g/mol. The number of aromatic nitrogens is 2. The molecule has 1 aromatic carbocycles. The summed E-state index contributed by atoms with van der Waals surface area (Å²) in [4.78, 5) is 4.12. The van der Waals surface area contributed by atoms with E-state index in [0.717, 1.165) is 11.0 Å². The van der Waals surface area contributed by atoms with Gasteiger partial charge in [-0.15, -0.1) is 0 Å². The van der Waals surface area contributed by atoms with E-state index in [1.165, 1.54) is 0 Å². The molecule has 3 rings (SSSR count). The van der Waals surface area contributed by atoms with Gasteiger partial charge in [-0.25, -0.2) is 0 Å². The molecule has 3 N–H and O–H groups in total. The molecule has 0 bridgehead atoms. The number of nitrogens with two attached hydrogens (primary N) is 1. The van der Waals surface area contributed by atoms with E-state index in [9.17, 15) is 5.11 Å².